The maximum Gasteiger partial charge on any atom is 0.392 e. The molecule has 0 amide bonds. The van der Waals surface area contributed by atoms with E-state index in [1.165, 1.54) is 6.07 Å². The van der Waals surface area contributed by atoms with Crippen molar-refractivity contribution in [3.8, 4) is 5.75 Å². The third-order valence-corrected chi connectivity index (χ3v) is 2.02. The highest BCUT2D eigenvalue weighted by Crippen LogP contribution is 2.22. The van der Waals surface area contributed by atoms with E-state index in [1.807, 2.05) is 0 Å². The van der Waals surface area contributed by atoms with Crippen molar-refractivity contribution in [2.24, 2.45) is 0 Å². The van der Waals surface area contributed by atoms with E-state index in [0.717, 1.165) is 24.3 Å². The predicted molar refractivity (Wildman–Crippen MR) is 59.2 cm³/mol. The molecule has 3 nitrogen and oxygen atoms in total. The standard InChI is InChI=1S/C12H10F4O3/c13-9-7-8(2-4-11(17)18)1-3-10(9)19-6-5-12(14,15)16/h1-4,7H,5-6H2,(H,17,18)/b4-2+. The summed E-state index contributed by atoms with van der Waals surface area (Å²) in [6, 6.07) is 3.46. The molecule has 0 saturated heterocycles. The van der Waals surface area contributed by atoms with Gasteiger partial charge in [-0.1, -0.05) is 6.07 Å². The van der Waals surface area contributed by atoms with Crippen molar-refractivity contribution in [2.75, 3.05) is 6.61 Å². The fourth-order valence-corrected chi connectivity index (χ4v) is 1.18. The first-order valence-corrected chi connectivity index (χ1v) is 5.18. The van der Waals surface area contributed by atoms with Crippen molar-refractivity contribution in [3.63, 3.8) is 0 Å². The molecule has 0 saturated carbocycles. The molecule has 7 heteroatoms. The van der Waals surface area contributed by atoms with Crippen molar-refractivity contribution < 1.29 is 32.2 Å². The zero-order chi connectivity index (χ0) is 14.5. The normalized spacial score (nSPS) is 11.8. The molecule has 1 aromatic rings. The van der Waals surface area contributed by atoms with Gasteiger partial charge in [-0.15, -0.1) is 0 Å². The maximum absolute atomic E-state index is 13.4. The Morgan fingerprint density at radius 2 is 2.05 bits per heavy atom. The van der Waals surface area contributed by atoms with Gasteiger partial charge >= 0.3 is 12.1 Å². The number of ether oxygens (including phenoxy) is 1. The number of aliphatic carboxylic acids is 1. The fourth-order valence-electron chi connectivity index (χ4n) is 1.18. The van der Waals surface area contributed by atoms with Gasteiger partial charge in [0.15, 0.2) is 11.6 Å². The topological polar surface area (TPSA) is 46.5 Å². The maximum atomic E-state index is 13.4. The lowest BCUT2D eigenvalue weighted by Crippen LogP contribution is -2.13. The van der Waals surface area contributed by atoms with Crippen LogP contribution in [0.25, 0.3) is 6.08 Å². The largest absolute Gasteiger partial charge is 0.490 e. The molecule has 0 radical (unpaired) electrons. The molecule has 1 aromatic carbocycles. The van der Waals surface area contributed by atoms with Crippen LogP contribution < -0.4 is 4.74 Å². The molecule has 19 heavy (non-hydrogen) atoms. The van der Waals surface area contributed by atoms with Crippen molar-refractivity contribution in [1.29, 1.82) is 0 Å². The van der Waals surface area contributed by atoms with E-state index in [2.05, 4.69) is 4.74 Å². The molecule has 104 valence electrons. The highest BCUT2D eigenvalue weighted by Gasteiger charge is 2.27. The molecule has 0 unspecified atom stereocenters. The summed E-state index contributed by atoms with van der Waals surface area (Å²) in [5.41, 5.74) is 0.267. The van der Waals surface area contributed by atoms with Gasteiger partial charge in [0.1, 0.15) is 0 Å². The smallest absolute Gasteiger partial charge is 0.392 e. The Labute approximate surface area is 106 Å². The van der Waals surface area contributed by atoms with Gasteiger partial charge < -0.3 is 9.84 Å². The van der Waals surface area contributed by atoms with Crippen molar-refractivity contribution in [3.05, 3.63) is 35.7 Å². The van der Waals surface area contributed by atoms with E-state index in [-0.39, 0.29) is 11.3 Å². The minimum Gasteiger partial charge on any atom is -0.490 e. The molecule has 0 aliphatic heterocycles. The second-order valence-corrected chi connectivity index (χ2v) is 3.58. The number of benzene rings is 1. The van der Waals surface area contributed by atoms with Gasteiger partial charge in [0.2, 0.25) is 0 Å². The summed E-state index contributed by atoms with van der Waals surface area (Å²) in [6.07, 6.45) is -3.56. The van der Waals surface area contributed by atoms with Crippen molar-refractivity contribution in [2.45, 2.75) is 12.6 Å². The minimum atomic E-state index is -4.36. The lowest BCUT2D eigenvalue weighted by molar-refractivity contribution is -0.139. The lowest BCUT2D eigenvalue weighted by atomic mass is 10.2. The van der Waals surface area contributed by atoms with Gasteiger partial charge in [-0.3, -0.25) is 0 Å². The number of carboxylic acid groups (broad SMARTS) is 1. The van der Waals surface area contributed by atoms with Gasteiger partial charge in [0.25, 0.3) is 0 Å². The van der Waals surface area contributed by atoms with Crippen LogP contribution in [0, 0.1) is 5.82 Å². The molecule has 0 atom stereocenters. The zero-order valence-corrected chi connectivity index (χ0v) is 9.58. The van der Waals surface area contributed by atoms with Gasteiger partial charge in [0, 0.05) is 6.08 Å². The summed E-state index contributed by atoms with van der Waals surface area (Å²) >= 11 is 0. The second kappa shape index (κ2) is 6.21. The summed E-state index contributed by atoms with van der Waals surface area (Å²) < 4.78 is 53.6. The quantitative estimate of drug-likeness (QED) is 0.664. The van der Waals surface area contributed by atoms with Crippen LogP contribution >= 0.6 is 0 Å². The van der Waals surface area contributed by atoms with Crippen LogP contribution in [0.3, 0.4) is 0 Å². The van der Waals surface area contributed by atoms with Crippen LogP contribution in [-0.2, 0) is 4.79 Å². The number of hydrogen-bond donors (Lipinski definition) is 1. The number of carbonyl (C=O) groups is 1. The Hall–Kier alpha value is -2.05. The molecular weight excluding hydrogens is 268 g/mol. The minimum absolute atomic E-state index is 0.267. The van der Waals surface area contributed by atoms with Gasteiger partial charge in [0.05, 0.1) is 13.0 Å². The molecule has 0 aliphatic carbocycles. The van der Waals surface area contributed by atoms with E-state index < -0.39 is 31.0 Å². The molecule has 0 bridgehead atoms. The zero-order valence-electron chi connectivity index (χ0n) is 9.58. The van der Waals surface area contributed by atoms with Crippen LogP contribution in [0.2, 0.25) is 0 Å². The molecule has 0 aromatic heterocycles. The van der Waals surface area contributed by atoms with Gasteiger partial charge in [-0.2, -0.15) is 13.2 Å². The fraction of sp³-hybridized carbons (Fsp3) is 0.250. The van der Waals surface area contributed by atoms with Crippen LogP contribution in [0.15, 0.2) is 24.3 Å². The first-order valence-electron chi connectivity index (χ1n) is 5.18. The van der Waals surface area contributed by atoms with E-state index in [1.54, 1.807) is 0 Å². The summed E-state index contributed by atoms with van der Waals surface area (Å²) in [4.78, 5) is 10.2. The molecule has 0 spiro atoms. The molecule has 0 aliphatic rings. The Balaban J connectivity index is 2.65. The molecule has 0 fully saturated rings. The summed E-state index contributed by atoms with van der Waals surface area (Å²) in [6.45, 7) is -0.676. The number of carboxylic acids is 1. The van der Waals surface area contributed by atoms with Crippen LogP contribution in [0.1, 0.15) is 12.0 Å². The molecule has 1 N–H and O–H groups in total. The summed E-state index contributed by atoms with van der Waals surface area (Å²) in [5, 5.41) is 8.38. The second-order valence-electron chi connectivity index (χ2n) is 3.58. The lowest BCUT2D eigenvalue weighted by Gasteiger charge is -2.09. The Kier molecular flexibility index (Phi) is 4.91. The average Bonchev–Trinajstić information content (AvgIpc) is 2.27. The van der Waals surface area contributed by atoms with Gasteiger partial charge in [-0.05, 0) is 23.8 Å². The number of alkyl halides is 3. The van der Waals surface area contributed by atoms with E-state index in [9.17, 15) is 22.4 Å². The van der Waals surface area contributed by atoms with Crippen LogP contribution in [0.5, 0.6) is 5.75 Å². The first kappa shape index (κ1) is 15.0. The van der Waals surface area contributed by atoms with Crippen molar-refractivity contribution >= 4 is 12.0 Å². The third kappa shape index (κ3) is 5.89. The highest BCUT2D eigenvalue weighted by atomic mass is 19.4. The predicted octanol–water partition coefficient (Wildman–Crippen LogP) is 3.25. The number of halogens is 4. The van der Waals surface area contributed by atoms with Crippen molar-refractivity contribution in [1.82, 2.24) is 0 Å². The SMILES string of the molecule is O=C(O)/C=C/c1ccc(OCCC(F)(F)F)c(F)c1. The Morgan fingerprint density at radius 3 is 2.58 bits per heavy atom. The monoisotopic (exact) mass is 278 g/mol. The van der Waals surface area contributed by atoms with Crippen LogP contribution in [-0.4, -0.2) is 23.9 Å². The molecule has 1 rings (SSSR count). The molecular formula is C12H10F4O3. The number of rotatable bonds is 5. The Bertz CT molecular complexity index is 480. The summed E-state index contributed by atoms with van der Waals surface area (Å²) in [7, 11) is 0. The van der Waals surface area contributed by atoms with Crippen LogP contribution in [0.4, 0.5) is 17.6 Å². The van der Waals surface area contributed by atoms with E-state index >= 15 is 0 Å². The third-order valence-electron chi connectivity index (χ3n) is 2.02. The first-order chi connectivity index (χ1) is 8.78. The highest BCUT2D eigenvalue weighted by molar-refractivity contribution is 5.85. The van der Waals surface area contributed by atoms with E-state index in [0.29, 0.717) is 0 Å². The Morgan fingerprint density at radius 1 is 1.37 bits per heavy atom. The molecule has 0 heterocycles. The average molecular weight is 278 g/mol. The van der Waals surface area contributed by atoms with Gasteiger partial charge in [-0.25, -0.2) is 9.18 Å². The summed E-state index contributed by atoms with van der Waals surface area (Å²) in [5.74, 6) is -2.35. The van der Waals surface area contributed by atoms with E-state index in [4.69, 9.17) is 5.11 Å². The number of hydrogen-bond acceptors (Lipinski definition) is 2.